The summed E-state index contributed by atoms with van der Waals surface area (Å²) in [5, 5.41) is 8.88. The van der Waals surface area contributed by atoms with Crippen molar-refractivity contribution < 1.29 is 40.7 Å². The van der Waals surface area contributed by atoms with Gasteiger partial charge in [-0.25, -0.2) is 18.0 Å². The molecule has 34 heavy (non-hydrogen) atoms. The summed E-state index contributed by atoms with van der Waals surface area (Å²) in [6, 6.07) is -0.628. The molecule has 0 saturated carbocycles. The van der Waals surface area contributed by atoms with Gasteiger partial charge in [0, 0.05) is 25.6 Å². The molecule has 0 aliphatic carbocycles. The Balaban J connectivity index is 1.85. The van der Waals surface area contributed by atoms with E-state index < -0.39 is 65.1 Å². The molecule has 8 nitrogen and oxygen atoms in total. The quantitative estimate of drug-likeness (QED) is 0.522. The molecule has 0 bridgehead atoms. The number of alkyl halides is 3. The Morgan fingerprint density at radius 2 is 1.71 bits per heavy atom. The van der Waals surface area contributed by atoms with Crippen LogP contribution in [0.15, 0.2) is 12.1 Å². The van der Waals surface area contributed by atoms with Gasteiger partial charge in [0.15, 0.2) is 17.5 Å². The number of aromatic nitrogens is 3. The third-order valence-corrected chi connectivity index (χ3v) is 4.82. The minimum atomic E-state index is -4.73. The lowest BCUT2D eigenvalue weighted by atomic mass is 10.0. The topological polar surface area (TPSA) is 89.4 Å². The number of rotatable bonds is 4. The fourth-order valence-corrected chi connectivity index (χ4v) is 3.37. The van der Waals surface area contributed by atoms with Gasteiger partial charge in [0.1, 0.15) is 17.5 Å². The van der Waals surface area contributed by atoms with Gasteiger partial charge in [0.2, 0.25) is 11.7 Å². The molecular formula is C20H21F6N5O3. The summed E-state index contributed by atoms with van der Waals surface area (Å²) in [5.74, 6) is -6.08. The van der Waals surface area contributed by atoms with Crippen LogP contribution in [0.25, 0.3) is 0 Å². The van der Waals surface area contributed by atoms with Crippen molar-refractivity contribution in [2.75, 3.05) is 6.54 Å². The van der Waals surface area contributed by atoms with Crippen molar-refractivity contribution in [1.29, 1.82) is 0 Å². The summed E-state index contributed by atoms with van der Waals surface area (Å²) in [6.45, 7) is 3.85. The van der Waals surface area contributed by atoms with Gasteiger partial charge in [-0.3, -0.25) is 4.79 Å². The van der Waals surface area contributed by atoms with Crippen LogP contribution in [0.3, 0.4) is 0 Å². The fourth-order valence-electron chi connectivity index (χ4n) is 3.37. The van der Waals surface area contributed by atoms with Crippen LogP contribution in [-0.4, -0.2) is 49.9 Å². The second kappa shape index (κ2) is 9.14. The normalized spacial score (nSPS) is 15.0. The van der Waals surface area contributed by atoms with Crippen LogP contribution in [0.5, 0.6) is 0 Å². The van der Waals surface area contributed by atoms with E-state index in [0.29, 0.717) is 12.1 Å². The van der Waals surface area contributed by atoms with E-state index in [1.807, 2.05) is 0 Å². The number of halogens is 6. The summed E-state index contributed by atoms with van der Waals surface area (Å²) >= 11 is 0. The Morgan fingerprint density at radius 3 is 2.32 bits per heavy atom. The van der Waals surface area contributed by atoms with Crippen molar-refractivity contribution in [2.45, 2.75) is 58.1 Å². The highest BCUT2D eigenvalue weighted by Crippen LogP contribution is 2.29. The SMILES string of the molecule is CC(C)(C)OC(=O)N[C@H](Cc1cc(F)c(F)cc1F)C(=O)N1CCn2c(nnc2C(F)(F)F)C1. The van der Waals surface area contributed by atoms with Gasteiger partial charge < -0.3 is 19.5 Å². The van der Waals surface area contributed by atoms with E-state index >= 15 is 0 Å². The predicted octanol–water partition coefficient (Wildman–Crippen LogP) is 3.19. The average molecular weight is 493 g/mol. The van der Waals surface area contributed by atoms with E-state index in [0.717, 1.165) is 9.47 Å². The van der Waals surface area contributed by atoms with E-state index in [2.05, 4.69) is 15.5 Å². The minimum Gasteiger partial charge on any atom is -0.444 e. The van der Waals surface area contributed by atoms with Crippen LogP contribution < -0.4 is 5.32 Å². The Kier molecular flexibility index (Phi) is 6.80. The van der Waals surface area contributed by atoms with Crippen molar-refractivity contribution in [2.24, 2.45) is 0 Å². The summed E-state index contributed by atoms with van der Waals surface area (Å²) in [7, 11) is 0. The number of hydrogen-bond donors (Lipinski definition) is 1. The molecule has 186 valence electrons. The molecule has 1 N–H and O–H groups in total. The molecule has 2 amide bonds. The molecule has 1 aliphatic rings. The lowest BCUT2D eigenvalue weighted by molar-refractivity contribution is -0.148. The second-order valence-electron chi connectivity index (χ2n) is 8.61. The molecule has 0 saturated heterocycles. The molecule has 0 unspecified atom stereocenters. The maximum atomic E-state index is 14.2. The Labute approximate surface area is 189 Å². The molecule has 1 aromatic heterocycles. The number of fused-ring (bicyclic) bond motifs is 1. The lowest BCUT2D eigenvalue weighted by Gasteiger charge is -2.32. The number of hydrogen-bond acceptors (Lipinski definition) is 5. The molecule has 2 heterocycles. The van der Waals surface area contributed by atoms with E-state index in [-0.39, 0.29) is 25.5 Å². The van der Waals surface area contributed by atoms with Crippen molar-refractivity contribution >= 4 is 12.0 Å². The van der Waals surface area contributed by atoms with Crippen molar-refractivity contribution in [3.63, 3.8) is 0 Å². The third kappa shape index (κ3) is 5.78. The zero-order valence-corrected chi connectivity index (χ0v) is 18.3. The first-order valence-electron chi connectivity index (χ1n) is 10.1. The number of nitrogens with one attached hydrogen (secondary N) is 1. The molecule has 1 atom stereocenters. The van der Waals surface area contributed by atoms with Crippen LogP contribution in [0.2, 0.25) is 0 Å². The van der Waals surface area contributed by atoms with Crippen LogP contribution >= 0.6 is 0 Å². The highest BCUT2D eigenvalue weighted by atomic mass is 19.4. The number of alkyl carbamates (subject to hydrolysis) is 1. The van der Waals surface area contributed by atoms with Crippen molar-refractivity contribution in [1.82, 2.24) is 25.0 Å². The maximum absolute atomic E-state index is 14.2. The number of nitrogens with zero attached hydrogens (tertiary/aromatic N) is 4. The first-order chi connectivity index (χ1) is 15.7. The van der Waals surface area contributed by atoms with Gasteiger partial charge in [0.25, 0.3) is 0 Å². The first kappa shape index (κ1) is 25.3. The second-order valence-corrected chi connectivity index (χ2v) is 8.61. The van der Waals surface area contributed by atoms with Gasteiger partial charge in [-0.15, -0.1) is 10.2 Å². The number of carbonyl (C=O) groups is 2. The van der Waals surface area contributed by atoms with Gasteiger partial charge in [-0.05, 0) is 32.4 Å². The van der Waals surface area contributed by atoms with Gasteiger partial charge in [-0.2, -0.15) is 13.2 Å². The van der Waals surface area contributed by atoms with Crippen LogP contribution in [-0.2, 0) is 35.2 Å². The lowest BCUT2D eigenvalue weighted by Crippen LogP contribution is -2.52. The van der Waals surface area contributed by atoms with Crippen LogP contribution in [0.4, 0.5) is 31.1 Å². The van der Waals surface area contributed by atoms with E-state index in [1.54, 1.807) is 20.8 Å². The van der Waals surface area contributed by atoms with Crippen LogP contribution in [0, 0.1) is 17.5 Å². The maximum Gasteiger partial charge on any atom is 0.451 e. The fraction of sp³-hybridized carbons (Fsp3) is 0.500. The molecule has 1 aromatic carbocycles. The highest BCUT2D eigenvalue weighted by molar-refractivity contribution is 5.86. The van der Waals surface area contributed by atoms with Crippen molar-refractivity contribution in [3.05, 3.63) is 46.8 Å². The first-order valence-corrected chi connectivity index (χ1v) is 10.1. The number of benzene rings is 1. The molecule has 3 rings (SSSR count). The van der Waals surface area contributed by atoms with Crippen LogP contribution in [0.1, 0.15) is 38.0 Å². The average Bonchev–Trinajstić information content (AvgIpc) is 3.13. The van der Waals surface area contributed by atoms with Gasteiger partial charge in [0.05, 0.1) is 6.54 Å². The summed E-state index contributed by atoms with van der Waals surface area (Å²) in [6.07, 6.45) is -6.34. The Morgan fingerprint density at radius 1 is 1.06 bits per heavy atom. The van der Waals surface area contributed by atoms with E-state index in [9.17, 15) is 35.9 Å². The number of amides is 2. The summed E-state index contributed by atoms with van der Waals surface area (Å²) < 4.78 is 86.3. The zero-order chi connectivity index (χ0) is 25.4. The minimum absolute atomic E-state index is 0.137. The highest BCUT2D eigenvalue weighted by Gasteiger charge is 2.40. The third-order valence-electron chi connectivity index (χ3n) is 4.82. The molecule has 0 spiro atoms. The Bertz CT molecular complexity index is 1100. The predicted molar refractivity (Wildman–Crippen MR) is 104 cm³/mol. The van der Waals surface area contributed by atoms with Gasteiger partial charge in [-0.1, -0.05) is 0 Å². The largest absolute Gasteiger partial charge is 0.451 e. The zero-order valence-electron chi connectivity index (χ0n) is 18.3. The molecule has 0 radical (unpaired) electrons. The summed E-state index contributed by atoms with van der Waals surface area (Å²) in [5.41, 5.74) is -1.34. The molecule has 14 heteroatoms. The van der Waals surface area contributed by atoms with E-state index in [4.69, 9.17) is 4.74 Å². The molecular weight excluding hydrogens is 472 g/mol. The van der Waals surface area contributed by atoms with E-state index in [1.165, 1.54) is 0 Å². The van der Waals surface area contributed by atoms with Crippen molar-refractivity contribution in [3.8, 4) is 0 Å². The number of ether oxygens (including phenoxy) is 1. The molecule has 1 aliphatic heterocycles. The Hall–Kier alpha value is -3.32. The molecule has 2 aromatic rings. The van der Waals surface area contributed by atoms with Gasteiger partial charge >= 0.3 is 12.3 Å². The standard InChI is InChI=1S/C20H21F6N5O3/c1-19(2,3)34-18(33)27-14(7-10-6-12(22)13(23)8-11(10)21)16(32)30-4-5-31-15(9-30)28-29-17(31)20(24,25)26/h6,8,14H,4-5,7,9H2,1-3H3,(H,27,33)/t14-/m1/s1. The number of carbonyl (C=O) groups excluding carboxylic acids is 2. The molecule has 0 fully saturated rings. The smallest absolute Gasteiger partial charge is 0.444 e. The summed E-state index contributed by atoms with van der Waals surface area (Å²) in [4.78, 5) is 26.5. The monoisotopic (exact) mass is 493 g/mol.